The largest absolute Gasteiger partial charge is 0.465 e. The molecule has 0 atom stereocenters. The summed E-state index contributed by atoms with van der Waals surface area (Å²) in [6.45, 7) is 6.57. The van der Waals surface area contributed by atoms with Gasteiger partial charge in [0.15, 0.2) is 0 Å². The van der Waals surface area contributed by atoms with Gasteiger partial charge in [0.2, 0.25) is 0 Å². The van der Waals surface area contributed by atoms with Crippen LogP contribution in [0.2, 0.25) is 0 Å². The number of amides is 1. The lowest BCUT2D eigenvalue weighted by molar-refractivity contribution is 0.194. The van der Waals surface area contributed by atoms with Crippen LogP contribution in [0.4, 0.5) is 4.79 Å². The molecule has 0 radical (unpaired) electrons. The first-order chi connectivity index (χ1) is 10.0. The molecule has 1 amide bonds. The highest BCUT2D eigenvalue weighted by Gasteiger charge is 2.10. The summed E-state index contributed by atoms with van der Waals surface area (Å²) in [5, 5.41) is 20.1. The van der Waals surface area contributed by atoms with E-state index in [9.17, 15) is 9.90 Å². The fraction of sp³-hybridized carbons (Fsp3) is 0.533. The number of aliphatic hydroxyl groups is 1. The van der Waals surface area contributed by atoms with Gasteiger partial charge in [-0.1, -0.05) is 26.0 Å². The molecule has 21 heavy (non-hydrogen) atoms. The van der Waals surface area contributed by atoms with Gasteiger partial charge in [0.05, 0.1) is 6.61 Å². The lowest BCUT2D eigenvalue weighted by Crippen LogP contribution is -2.27. The zero-order chi connectivity index (χ0) is 15.7. The van der Waals surface area contributed by atoms with Crippen LogP contribution >= 0.6 is 11.9 Å². The molecular formula is C15H24N2O3S. The Morgan fingerprint density at radius 3 is 2.81 bits per heavy atom. The molecule has 1 rings (SSSR count). The molecule has 0 fully saturated rings. The van der Waals surface area contributed by atoms with E-state index in [0.717, 1.165) is 30.0 Å². The maximum Gasteiger partial charge on any atom is 0.404 e. The Labute approximate surface area is 130 Å². The van der Waals surface area contributed by atoms with Gasteiger partial charge in [0, 0.05) is 24.5 Å². The number of nitrogens with one attached hydrogen (secondary N) is 1. The summed E-state index contributed by atoms with van der Waals surface area (Å²) >= 11 is 1.65. The van der Waals surface area contributed by atoms with E-state index in [1.165, 1.54) is 0 Å². The molecule has 1 aromatic carbocycles. The van der Waals surface area contributed by atoms with E-state index in [0.29, 0.717) is 12.5 Å². The van der Waals surface area contributed by atoms with Crippen LogP contribution in [-0.4, -0.2) is 40.2 Å². The Bertz CT molecular complexity index is 441. The molecule has 0 aliphatic carbocycles. The van der Waals surface area contributed by atoms with Gasteiger partial charge >= 0.3 is 6.09 Å². The lowest BCUT2D eigenvalue weighted by atomic mass is 10.2. The molecule has 5 nitrogen and oxygen atoms in total. The molecule has 0 saturated carbocycles. The fourth-order valence-corrected chi connectivity index (χ4v) is 3.12. The molecule has 3 N–H and O–H groups in total. The molecule has 1 aromatic rings. The van der Waals surface area contributed by atoms with Gasteiger partial charge in [0.1, 0.15) is 0 Å². The van der Waals surface area contributed by atoms with Crippen molar-refractivity contribution in [3.63, 3.8) is 0 Å². The Kier molecular flexibility index (Phi) is 8.19. The van der Waals surface area contributed by atoms with E-state index in [1.54, 1.807) is 11.9 Å². The van der Waals surface area contributed by atoms with Gasteiger partial charge < -0.3 is 15.5 Å². The standard InChI is InChI=1S/C15H24N2O3S/c1-12(2)10-17(8-4-7-16-15(19)20)21-14-6-3-5-13(9-14)11-18/h3,5-6,9,12,16,18H,4,7-8,10-11H2,1-2H3,(H,19,20). The van der Waals surface area contributed by atoms with Gasteiger partial charge in [-0.3, -0.25) is 0 Å². The lowest BCUT2D eigenvalue weighted by Gasteiger charge is -2.23. The molecule has 0 aromatic heterocycles. The van der Waals surface area contributed by atoms with Gasteiger partial charge in [-0.05, 0) is 42.0 Å². The van der Waals surface area contributed by atoms with Crippen LogP contribution in [0, 0.1) is 5.92 Å². The normalized spacial score (nSPS) is 11.1. The van der Waals surface area contributed by atoms with Crippen LogP contribution in [0.25, 0.3) is 0 Å². The Balaban J connectivity index is 2.53. The van der Waals surface area contributed by atoms with Crippen LogP contribution < -0.4 is 5.32 Å². The van der Waals surface area contributed by atoms with Crippen molar-refractivity contribution in [3.8, 4) is 0 Å². The third-order valence-electron chi connectivity index (χ3n) is 2.74. The third-order valence-corrected chi connectivity index (χ3v) is 3.80. The first kappa shape index (κ1) is 17.8. The summed E-state index contributed by atoms with van der Waals surface area (Å²) in [4.78, 5) is 11.5. The minimum atomic E-state index is -0.978. The summed E-state index contributed by atoms with van der Waals surface area (Å²) < 4.78 is 2.24. The van der Waals surface area contributed by atoms with Crippen molar-refractivity contribution in [1.29, 1.82) is 0 Å². The monoisotopic (exact) mass is 312 g/mol. The second-order valence-corrected chi connectivity index (χ2v) is 6.43. The van der Waals surface area contributed by atoms with Crippen molar-refractivity contribution in [1.82, 2.24) is 9.62 Å². The van der Waals surface area contributed by atoms with Gasteiger partial charge in [-0.15, -0.1) is 0 Å². The minimum Gasteiger partial charge on any atom is -0.465 e. The topological polar surface area (TPSA) is 72.8 Å². The maximum absolute atomic E-state index is 10.4. The van der Waals surface area contributed by atoms with Crippen molar-refractivity contribution >= 4 is 18.0 Å². The second-order valence-electron chi connectivity index (χ2n) is 5.26. The number of carboxylic acid groups (broad SMARTS) is 1. The van der Waals surface area contributed by atoms with Crippen LogP contribution in [0.15, 0.2) is 29.2 Å². The number of carbonyl (C=O) groups is 1. The zero-order valence-electron chi connectivity index (χ0n) is 12.6. The molecular weight excluding hydrogens is 288 g/mol. The highest BCUT2D eigenvalue weighted by atomic mass is 32.2. The smallest absolute Gasteiger partial charge is 0.404 e. The van der Waals surface area contributed by atoms with E-state index in [-0.39, 0.29) is 6.61 Å². The molecule has 0 spiro atoms. The van der Waals surface area contributed by atoms with E-state index in [1.807, 2.05) is 24.3 Å². The first-order valence-corrected chi connectivity index (χ1v) is 7.88. The Hall–Kier alpha value is -1.24. The summed E-state index contributed by atoms with van der Waals surface area (Å²) in [6, 6.07) is 7.83. The third kappa shape index (κ3) is 7.94. The van der Waals surface area contributed by atoms with Crippen molar-refractivity contribution < 1.29 is 15.0 Å². The van der Waals surface area contributed by atoms with Crippen LogP contribution in [0.5, 0.6) is 0 Å². The molecule has 0 saturated heterocycles. The van der Waals surface area contributed by atoms with E-state index in [4.69, 9.17) is 5.11 Å². The van der Waals surface area contributed by atoms with E-state index >= 15 is 0 Å². The van der Waals surface area contributed by atoms with Gasteiger partial charge in [-0.25, -0.2) is 9.10 Å². The molecule has 0 bridgehead atoms. The number of hydrogen-bond donors (Lipinski definition) is 3. The molecule has 118 valence electrons. The van der Waals surface area contributed by atoms with Crippen molar-refractivity contribution in [2.75, 3.05) is 19.6 Å². The highest BCUT2D eigenvalue weighted by Crippen LogP contribution is 2.24. The Morgan fingerprint density at radius 2 is 2.19 bits per heavy atom. The first-order valence-electron chi connectivity index (χ1n) is 7.10. The van der Waals surface area contributed by atoms with E-state index < -0.39 is 6.09 Å². The van der Waals surface area contributed by atoms with Crippen molar-refractivity contribution in [2.45, 2.75) is 31.8 Å². The van der Waals surface area contributed by atoms with Crippen molar-refractivity contribution in [3.05, 3.63) is 29.8 Å². The van der Waals surface area contributed by atoms with Gasteiger partial charge in [0.25, 0.3) is 0 Å². The Morgan fingerprint density at radius 1 is 1.43 bits per heavy atom. The quantitative estimate of drug-likeness (QED) is 0.483. The SMILES string of the molecule is CC(C)CN(CCCNC(=O)O)Sc1cccc(CO)c1. The number of benzene rings is 1. The number of nitrogens with zero attached hydrogens (tertiary/aromatic N) is 1. The van der Waals surface area contributed by atoms with Gasteiger partial charge in [-0.2, -0.15) is 0 Å². The minimum absolute atomic E-state index is 0.0428. The predicted octanol–water partition coefficient (Wildman–Crippen LogP) is 2.80. The highest BCUT2D eigenvalue weighted by molar-refractivity contribution is 7.97. The maximum atomic E-state index is 10.4. The van der Waals surface area contributed by atoms with E-state index in [2.05, 4.69) is 23.5 Å². The number of hydrogen-bond acceptors (Lipinski definition) is 4. The van der Waals surface area contributed by atoms with Crippen LogP contribution in [0.3, 0.4) is 0 Å². The molecule has 6 heteroatoms. The predicted molar refractivity (Wildman–Crippen MR) is 85.3 cm³/mol. The summed E-state index contributed by atoms with van der Waals surface area (Å²) in [5.41, 5.74) is 0.900. The summed E-state index contributed by atoms with van der Waals surface area (Å²) in [6.07, 6.45) is -0.208. The summed E-state index contributed by atoms with van der Waals surface area (Å²) in [7, 11) is 0. The molecule has 0 aliphatic rings. The van der Waals surface area contributed by atoms with Crippen LogP contribution in [0.1, 0.15) is 25.8 Å². The molecule has 0 aliphatic heterocycles. The molecule has 0 unspecified atom stereocenters. The average molecular weight is 312 g/mol. The second kappa shape index (κ2) is 9.65. The number of rotatable bonds is 9. The van der Waals surface area contributed by atoms with Crippen LogP contribution in [-0.2, 0) is 6.61 Å². The average Bonchev–Trinajstić information content (AvgIpc) is 2.43. The van der Waals surface area contributed by atoms with Crippen molar-refractivity contribution in [2.24, 2.45) is 5.92 Å². The molecule has 0 heterocycles. The zero-order valence-corrected chi connectivity index (χ0v) is 13.4. The fourth-order valence-electron chi connectivity index (χ4n) is 1.88. The number of aliphatic hydroxyl groups excluding tert-OH is 1. The summed E-state index contributed by atoms with van der Waals surface area (Å²) in [5.74, 6) is 0.533.